The molecule has 21 heavy (non-hydrogen) atoms. The summed E-state index contributed by atoms with van der Waals surface area (Å²) in [5.74, 6) is -0.901. The van der Waals surface area contributed by atoms with Crippen LogP contribution in [0.15, 0.2) is 46.9 Å². The Bertz CT molecular complexity index is 699. The van der Waals surface area contributed by atoms with E-state index >= 15 is 0 Å². The number of aryl methyl sites for hydroxylation is 1. The molecule has 0 amide bonds. The fraction of sp³-hybridized carbons (Fsp3) is 0.235. The molecular weight excluding hydrogens is 330 g/mol. The molecule has 0 bridgehead atoms. The maximum Gasteiger partial charge on any atom is 0.337 e. The molecule has 0 saturated heterocycles. The van der Waals surface area contributed by atoms with E-state index in [0.717, 1.165) is 28.7 Å². The van der Waals surface area contributed by atoms with Gasteiger partial charge in [-0.2, -0.15) is 0 Å². The zero-order chi connectivity index (χ0) is 15.0. The van der Waals surface area contributed by atoms with Gasteiger partial charge in [-0.1, -0.05) is 34.1 Å². The van der Waals surface area contributed by atoms with E-state index in [-0.39, 0.29) is 6.04 Å². The molecular formula is C17H16BrNO2. The maximum absolute atomic E-state index is 11.6. The van der Waals surface area contributed by atoms with Crippen molar-refractivity contribution >= 4 is 33.3 Å². The molecule has 2 aromatic rings. The average Bonchev–Trinajstić information content (AvgIpc) is 2.47. The SMILES string of the molecule is CC1CCc2ccccc2N1c1ccc(Br)cc1C(=O)O. The number of rotatable bonds is 2. The molecule has 0 aromatic heterocycles. The molecule has 1 heterocycles. The molecule has 1 atom stereocenters. The summed E-state index contributed by atoms with van der Waals surface area (Å²) >= 11 is 3.35. The van der Waals surface area contributed by atoms with Gasteiger partial charge in [0.05, 0.1) is 11.3 Å². The van der Waals surface area contributed by atoms with E-state index in [1.54, 1.807) is 6.07 Å². The Kier molecular flexibility index (Phi) is 3.72. The average molecular weight is 346 g/mol. The minimum Gasteiger partial charge on any atom is -0.478 e. The topological polar surface area (TPSA) is 40.5 Å². The first kappa shape index (κ1) is 14.1. The second-order valence-corrected chi connectivity index (χ2v) is 6.27. The quantitative estimate of drug-likeness (QED) is 0.863. The first-order valence-electron chi connectivity index (χ1n) is 6.98. The van der Waals surface area contributed by atoms with Gasteiger partial charge in [-0.15, -0.1) is 0 Å². The van der Waals surface area contributed by atoms with Gasteiger partial charge in [0, 0.05) is 16.2 Å². The summed E-state index contributed by atoms with van der Waals surface area (Å²) in [5.41, 5.74) is 3.47. The van der Waals surface area contributed by atoms with Crippen molar-refractivity contribution in [3.63, 3.8) is 0 Å². The van der Waals surface area contributed by atoms with Crippen molar-refractivity contribution in [3.8, 4) is 0 Å². The minimum atomic E-state index is -0.901. The molecule has 3 rings (SSSR count). The standard InChI is InChI=1S/C17H16BrNO2/c1-11-6-7-12-4-2-3-5-15(12)19(11)16-9-8-13(18)10-14(16)17(20)21/h2-5,8-11H,6-7H2,1H3,(H,20,21). The summed E-state index contributed by atoms with van der Waals surface area (Å²) in [4.78, 5) is 13.7. The number of anilines is 2. The lowest BCUT2D eigenvalue weighted by Crippen LogP contribution is -2.34. The van der Waals surface area contributed by atoms with E-state index in [4.69, 9.17) is 0 Å². The summed E-state index contributed by atoms with van der Waals surface area (Å²) < 4.78 is 0.779. The van der Waals surface area contributed by atoms with Gasteiger partial charge < -0.3 is 10.0 Å². The molecule has 1 aliphatic rings. The highest BCUT2D eigenvalue weighted by Crippen LogP contribution is 2.39. The Hall–Kier alpha value is -1.81. The largest absolute Gasteiger partial charge is 0.478 e. The number of benzene rings is 2. The monoisotopic (exact) mass is 345 g/mol. The van der Waals surface area contributed by atoms with Crippen LogP contribution in [-0.4, -0.2) is 17.1 Å². The molecule has 0 fully saturated rings. The third-order valence-electron chi connectivity index (χ3n) is 3.97. The molecule has 1 N–H and O–H groups in total. The first-order valence-corrected chi connectivity index (χ1v) is 7.77. The summed E-state index contributed by atoms with van der Waals surface area (Å²) in [6.07, 6.45) is 2.05. The van der Waals surface area contributed by atoms with Gasteiger partial charge in [-0.25, -0.2) is 4.79 Å². The van der Waals surface area contributed by atoms with Crippen molar-refractivity contribution in [2.45, 2.75) is 25.8 Å². The molecule has 0 aliphatic carbocycles. The van der Waals surface area contributed by atoms with Crippen LogP contribution in [0.25, 0.3) is 0 Å². The number of nitrogens with zero attached hydrogens (tertiary/aromatic N) is 1. The number of carboxylic acids is 1. The number of hydrogen-bond acceptors (Lipinski definition) is 2. The number of halogens is 1. The summed E-state index contributed by atoms with van der Waals surface area (Å²) in [5, 5.41) is 9.51. The molecule has 1 unspecified atom stereocenters. The van der Waals surface area contributed by atoms with E-state index < -0.39 is 5.97 Å². The fourth-order valence-corrected chi connectivity index (χ4v) is 3.31. The Morgan fingerprint density at radius 2 is 2.00 bits per heavy atom. The summed E-state index contributed by atoms with van der Waals surface area (Å²) in [6, 6.07) is 13.9. The Morgan fingerprint density at radius 1 is 1.24 bits per heavy atom. The van der Waals surface area contributed by atoms with Crippen LogP contribution >= 0.6 is 15.9 Å². The fourth-order valence-electron chi connectivity index (χ4n) is 2.95. The van der Waals surface area contributed by atoms with Crippen molar-refractivity contribution in [1.82, 2.24) is 0 Å². The number of aromatic carboxylic acids is 1. The van der Waals surface area contributed by atoms with Crippen LogP contribution in [0, 0.1) is 0 Å². The molecule has 0 spiro atoms. The summed E-state index contributed by atoms with van der Waals surface area (Å²) in [6.45, 7) is 2.14. The van der Waals surface area contributed by atoms with Crippen molar-refractivity contribution in [2.75, 3.05) is 4.90 Å². The number of para-hydroxylation sites is 1. The van der Waals surface area contributed by atoms with Gasteiger partial charge in [-0.05, 0) is 49.6 Å². The van der Waals surface area contributed by atoms with Crippen molar-refractivity contribution in [3.05, 3.63) is 58.1 Å². The molecule has 0 saturated carbocycles. The number of hydrogen-bond donors (Lipinski definition) is 1. The Labute approximate surface area is 132 Å². The highest BCUT2D eigenvalue weighted by molar-refractivity contribution is 9.10. The predicted octanol–water partition coefficient (Wildman–Crippen LogP) is 4.62. The minimum absolute atomic E-state index is 0.277. The third-order valence-corrected chi connectivity index (χ3v) is 4.47. The lowest BCUT2D eigenvalue weighted by atomic mass is 9.95. The third kappa shape index (κ3) is 2.56. The first-order chi connectivity index (χ1) is 10.1. The molecule has 4 heteroatoms. The lowest BCUT2D eigenvalue weighted by Gasteiger charge is -2.37. The molecule has 108 valence electrons. The molecule has 0 radical (unpaired) electrons. The second-order valence-electron chi connectivity index (χ2n) is 5.35. The number of carbonyl (C=O) groups is 1. The van der Waals surface area contributed by atoms with Gasteiger partial charge in [0.25, 0.3) is 0 Å². The van der Waals surface area contributed by atoms with Crippen LogP contribution in [-0.2, 0) is 6.42 Å². The van der Waals surface area contributed by atoms with E-state index in [0.29, 0.717) is 5.56 Å². The second kappa shape index (κ2) is 5.53. The van der Waals surface area contributed by atoms with Crippen LogP contribution in [0.3, 0.4) is 0 Å². The van der Waals surface area contributed by atoms with E-state index in [1.807, 2.05) is 24.3 Å². The number of carboxylic acid groups (broad SMARTS) is 1. The molecule has 3 nitrogen and oxygen atoms in total. The van der Waals surface area contributed by atoms with Crippen LogP contribution in [0.4, 0.5) is 11.4 Å². The molecule has 1 aliphatic heterocycles. The molecule has 2 aromatic carbocycles. The van der Waals surface area contributed by atoms with E-state index in [1.165, 1.54) is 5.56 Å². The van der Waals surface area contributed by atoms with Crippen molar-refractivity contribution in [1.29, 1.82) is 0 Å². The lowest BCUT2D eigenvalue weighted by molar-refractivity contribution is 0.0697. The zero-order valence-corrected chi connectivity index (χ0v) is 13.3. The van der Waals surface area contributed by atoms with Crippen molar-refractivity contribution in [2.24, 2.45) is 0 Å². The van der Waals surface area contributed by atoms with Crippen LogP contribution < -0.4 is 4.90 Å². The predicted molar refractivity (Wildman–Crippen MR) is 87.5 cm³/mol. The van der Waals surface area contributed by atoms with Crippen LogP contribution in [0.2, 0.25) is 0 Å². The van der Waals surface area contributed by atoms with Gasteiger partial charge in [0.2, 0.25) is 0 Å². The van der Waals surface area contributed by atoms with Crippen LogP contribution in [0.5, 0.6) is 0 Å². The normalized spacial score (nSPS) is 17.4. The smallest absolute Gasteiger partial charge is 0.337 e. The highest BCUT2D eigenvalue weighted by atomic mass is 79.9. The zero-order valence-electron chi connectivity index (χ0n) is 11.7. The summed E-state index contributed by atoms with van der Waals surface area (Å²) in [7, 11) is 0. The van der Waals surface area contributed by atoms with Gasteiger partial charge in [-0.3, -0.25) is 0 Å². The highest BCUT2D eigenvalue weighted by Gasteiger charge is 2.27. The maximum atomic E-state index is 11.6. The van der Waals surface area contributed by atoms with Crippen LogP contribution in [0.1, 0.15) is 29.3 Å². The van der Waals surface area contributed by atoms with Gasteiger partial charge in [0.15, 0.2) is 0 Å². The Balaban J connectivity index is 2.18. The Morgan fingerprint density at radius 3 is 2.76 bits per heavy atom. The van der Waals surface area contributed by atoms with E-state index in [2.05, 4.69) is 39.9 Å². The number of fused-ring (bicyclic) bond motifs is 1. The van der Waals surface area contributed by atoms with Crippen molar-refractivity contribution < 1.29 is 9.90 Å². The van der Waals surface area contributed by atoms with Gasteiger partial charge >= 0.3 is 5.97 Å². The van der Waals surface area contributed by atoms with Gasteiger partial charge in [0.1, 0.15) is 0 Å². The van der Waals surface area contributed by atoms with E-state index in [9.17, 15) is 9.90 Å².